The van der Waals surface area contributed by atoms with Gasteiger partial charge in [0, 0.05) is 0 Å². The molecule has 1 aromatic rings. The molecule has 1 aliphatic carbocycles. The smallest absolute Gasteiger partial charge is 0.391 e. The van der Waals surface area contributed by atoms with Crippen LogP contribution in [0.2, 0.25) is 0 Å². The summed E-state index contributed by atoms with van der Waals surface area (Å²) in [5.41, 5.74) is 1.48. The summed E-state index contributed by atoms with van der Waals surface area (Å²) in [7, 11) is 0. The van der Waals surface area contributed by atoms with Crippen molar-refractivity contribution in [3.05, 3.63) is 35.4 Å². The molecule has 1 fully saturated rings. The molecule has 0 radical (unpaired) electrons. The van der Waals surface area contributed by atoms with Gasteiger partial charge in [-0.1, -0.05) is 12.1 Å². The van der Waals surface area contributed by atoms with Crippen LogP contribution in [0.1, 0.15) is 54.4 Å². The summed E-state index contributed by atoms with van der Waals surface area (Å²) in [6, 6.07) is 7.02. The number of alkyl halides is 3. The van der Waals surface area contributed by atoms with Gasteiger partial charge in [-0.25, -0.2) is 4.79 Å². The maximum atomic E-state index is 12.6. The molecule has 5 heteroatoms. The van der Waals surface area contributed by atoms with Gasteiger partial charge < -0.3 is 4.74 Å². The molecule has 0 aromatic heterocycles. The Morgan fingerprint density at radius 2 is 1.71 bits per heavy atom. The number of hydrogen-bond acceptors (Lipinski definition) is 2. The fraction of sp³-hybridized carbons (Fsp3) is 0.562. The standard InChI is InChI=1S/C16H19F3O2/c1-2-21-15(20)13-5-3-11(4-6-13)12-7-9-14(10-8-12)16(17,18)19/h3-6,12,14H,2,7-10H2,1H3/t12-,14-. The number of hydrogen-bond donors (Lipinski definition) is 0. The lowest BCUT2D eigenvalue weighted by Gasteiger charge is -2.30. The Balaban J connectivity index is 1.96. The van der Waals surface area contributed by atoms with Crippen LogP contribution in [0.4, 0.5) is 13.2 Å². The highest BCUT2D eigenvalue weighted by atomic mass is 19.4. The van der Waals surface area contributed by atoms with Gasteiger partial charge in [0.05, 0.1) is 18.1 Å². The predicted octanol–water partition coefficient (Wildman–Crippen LogP) is 4.70. The van der Waals surface area contributed by atoms with Gasteiger partial charge in [-0.15, -0.1) is 0 Å². The minimum atomic E-state index is -4.07. The Morgan fingerprint density at radius 3 is 2.19 bits per heavy atom. The minimum absolute atomic E-state index is 0.153. The van der Waals surface area contributed by atoms with Gasteiger partial charge in [-0.05, 0) is 56.2 Å². The van der Waals surface area contributed by atoms with E-state index in [1.807, 2.05) is 12.1 Å². The van der Waals surface area contributed by atoms with Crippen LogP contribution in [0.3, 0.4) is 0 Å². The quantitative estimate of drug-likeness (QED) is 0.756. The first-order valence-corrected chi connectivity index (χ1v) is 7.25. The lowest BCUT2D eigenvalue weighted by molar-refractivity contribution is -0.182. The number of rotatable bonds is 3. The lowest BCUT2D eigenvalue weighted by Crippen LogP contribution is -2.27. The molecule has 21 heavy (non-hydrogen) atoms. The fourth-order valence-electron chi connectivity index (χ4n) is 2.86. The normalized spacial score (nSPS) is 22.9. The Labute approximate surface area is 122 Å². The Bertz CT molecular complexity index is 471. The van der Waals surface area contributed by atoms with Gasteiger partial charge in [0.15, 0.2) is 0 Å². The molecule has 0 saturated heterocycles. The number of benzene rings is 1. The van der Waals surface area contributed by atoms with Crippen molar-refractivity contribution in [2.24, 2.45) is 5.92 Å². The van der Waals surface area contributed by atoms with E-state index in [1.54, 1.807) is 19.1 Å². The van der Waals surface area contributed by atoms with Crippen LogP contribution in [0.25, 0.3) is 0 Å². The average molecular weight is 300 g/mol. The molecule has 0 heterocycles. The van der Waals surface area contributed by atoms with Crippen molar-refractivity contribution < 1.29 is 22.7 Å². The van der Waals surface area contributed by atoms with E-state index in [1.165, 1.54) is 0 Å². The van der Waals surface area contributed by atoms with Crippen molar-refractivity contribution >= 4 is 5.97 Å². The van der Waals surface area contributed by atoms with E-state index in [-0.39, 0.29) is 24.7 Å². The zero-order chi connectivity index (χ0) is 15.5. The maximum Gasteiger partial charge on any atom is 0.391 e. The summed E-state index contributed by atoms with van der Waals surface area (Å²) in [6.07, 6.45) is -2.60. The van der Waals surface area contributed by atoms with E-state index < -0.39 is 12.1 Å². The van der Waals surface area contributed by atoms with Gasteiger partial charge in [0.25, 0.3) is 0 Å². The van der Waals surface area contributed by atoms with Crippen LogP contribution in [0.15, 0.2) is 24.3 Å². The van der Waals surface area contributed by atoms with Gasteiger partial charge in [-0.2, -0.15) is 13.2 Å². The lowest BCUT2D eigenvalue weighted by atomic mass is 9.78. The Hall–Kier alpha value is -1.52. The summed E-state index contributed by atoms with van der Waals surface area (Å²) in [5.74, 6) is -1.38. The highest BCUT2D eigenvalue weighted by Crippen LogP contribution is 2.42. The molecule has 1 aromatic carbocycles. The van der Waals surface area contributed by atoms with Crippen LogP contribution in [-0.2, 0) is 4.74 Å². The van der Waals surface area contributed by atoms with E-state index in [0.29, 0.717) is 25.0 Å². The second kappa shape index (κ2) is 6.50. The SMILES string of the molecule is CCOC(=O)c1ccc([C@H]2CC[C@H](C(F)(F)F)CC2)cc1. The molecule has 0 amide bonds. The highest BCUT2D eigenvalue weighted by molar-refractivity contribution is 5.89. The molecular formula is C16H19F3O2. The molecule has 0 aliphatic heterocycles. The largest absolute Gasteiger partial charge is 0.462 e. The van der Waals surface area contributed by atoms with Gasteiger partial charge in [0.2, 0.25) is 0 Å². The first-order chi connectivity index (χ1) is 9.91. The van der Waals surface area contributed by atoms with Crippen molar-refractivity contribution in [1.82, 2.24) is 0 Å². The second-order valence-electron chi connectivity index (χ2n) is 5.43. The van der Waals surface area contributed by atoms with Crippen molar-refractivity contribution in [2.75, 3.05) is 6.61 Å². The van der Waals surface area contributed by atoms with Gasteiger partial charge in [0.1, 0.15) is 0 Å². The first kappa shape index (κ1) is 15.9. The van der Waals surface area contributed by atoms with Crippen LogP contribution in [0.5, 0.6) is 0 Å². The summed E-state index contributed by atoms with van der Waals surface area (Å²) >= 11 is 0. The zero-order valence-corrected chi connectivity index (χ0v) is 12.0. The molecule has 0 spiro atoms. The summed E-state index contributed by atoms with van der Waals surface area (Å²) < 4.78 is 42.8. The first-order valence-electron chi connectivity index (χ1n) is 7.25. The van der Waals surface area contributed by atoms with Crippen LogP contribution < -0.4 is 0 Å². The third kappa shape index (κ3) is 3.99. The number of carbonyl (C=O) groups excluding carboxylic acids is 1. The predicted molar refractivity (Wildman–Crippen MR) is 73.2 cm³/mol. The number of halogens is 3. The van der Waals surface area contributed by atoms with E-state index >= 15 is 0 Å². The van der Waals surface area contributed by atoms with Crippen molar-refractivity contribution in [3.8, 4) is 0 Å². The Morgan fingerprint density at radius 1 is 1.14 bits per heavy atom. The van der Waals surface area contributed by atoms with E-state index in [9.17, 15) is 18.0 Å². The van der Waals surface area contributed by atoms with Crippen molar-refractivity contribution in [3.63, 3.8) is 0 Å². The van der Waals surface area contributed by atoms with Gasteiger partial charge >= 0.3 is 12.1 Å². The molecule has 0 unspecified atom stereocenters. The van der Waals surface area contributed by atoms with Crippen LogP contribution in [0, 0.1) is 5.92 Å². The maximum absolute atomic E-state index is 12.6. The zero-order valence-electron chi connectivity index (χ0n) is 12.0. The molecular weight excluding hydrogens is 281 g/mol. The molecule has 2 rings (SSSR count). The average Bonchev–Trinajstić information content (AvgIpc) is 2.47. The van der Waals surface area contributed by atoms with E-state index in [0.717, 1.165) is 5.56 Å². The summed E-state index contributed by atoms with van der Waals surface area (Å²) in [6.45, 7) is 2.06. The minimum Gasteiger partial charge on any atom is -0.462 e. The van der Waals surface area contributed by atoms with Crippen LogP contribution in [-0.4, -0.2) is 18.8 Å². The molecule has 0 atom stereocenters. The van der Waals surface area contributed by atoms with Crippen molar-refractivity contribution in [2.45, 2.75) is 44.7 Å². The second-order valence-corrected chi connectivity index (χ2v) is 5.43. The summed E-state index contributed by atoms with van der Waals surface area (Å²) in [5, 5.41) is 0. The monoisotopic (exact) mass is 300 g/mol. The molecule has 1 aliphatic rings. The van der Waals surface area contributed by atoms with Gasteiger partial charge in [-0.3, -0.25) is 0 Å². The van der Waals surface area contributed by atoms with Crippen molar-refractivity contribution in [1.29, 1.82) is 0 Å². The van der Waals surface area contributed by atoms with Crippen LogP contribution >= 0.6 is 0 Å². The molecule has 2 nitrogen and oxygen atoms in total. The van der Waals surface area contributed by atoms with E-state index in [4.69, 9.17) is 4.74 Å². The number of ether oxygens (including phenoxy) is 1. The van der Waals surface area contributed by atoms with E-state index in [2.05, 4.69) is 0 Å². The highest BCUT2D eigenvalue weighted by Gasteiger charge is 2.41. The Kier molecular flexibility index (Phi) is 4.91. The third-order valence-corrected chi connectivity index (χ3v) is 4.08. The fourth-order valence-corrected chi connectivity index (χ4v) is 2.86. The topological polar surface area (TPSA) is 26.3 Å². The molecule has 116 valence electrons. The molecule has 0 N–H and O–H groups in total. The summed E-state index contributed by atoms with van der Waals surface area (Å²) in [4.78, 5) is 11.5. The third-order valence-electron chi connectivity index (χ3n) is 4.08. The number of carbonyl (C=O) groups is 1. The molecule has 1 saturated carbocycles. The molecule has 0 bridgehead atoms. The number of esters is 1.